The Balaban J connectivity index is 2.00. The van der Waals surface area contributed by atoms with E-state index >= 15 is 0 Å². The molecule has 124 valence electrons. The molecule has 0 aliphatic heterocycles. The number of nitrogens with zero attached hydrogens (tertiary/aromatic N) is 1. The third kappa shape index (κ3) is 4.26. The Bertz CT molecular complexity index is 765. The van der Waals surface area contributed by atoms with Crippen LogP contribution in [0.3, 0.4) is 0 Å². The van der Waals surface area contributed by atoms with Gasteiger partial charge < -0.3 is 14.8 Å². The molecule has 2 rings (SSSR count). The Morgan fingerprint density at radius 3 is 2.71 bits per heavy atom. The average molecular weight is 324 g/mol. The fourth-order valence-corrected chi connectivity index (χ4v) is 2.38. The quantitative estimate of drug-likeness (QED) is 0.886. The molecule has 1 amide bonds. The number of rotatable bonds is 6. The zero-order valence-corrected chi connectivity index (χ0v) is 14.0. The Morgan fingerprint density at radius 1 is 1.25 bits per heavy atom. The summed E-state index contributed by atoms with van der Waals surface area (Å²) in [6.45, 7) is 3.72. The lowest BCUT2D eigenvalue weighted by Gasteiger charge is -2.18. The Labute approximate surface area is 141 Å². The molecule has 2 aromatic carbocycles. The number of ether oxygens (including phenoxy) is 2. The largest absolute Gasteiger partial charge is 0.496 e. The highest BCUT2D eigenvalue weighted by Crippen LogP contribution is 2.26. The second-order valence-corrected chi connectivity index (χ2v) is 5.43. The first-order valence-corrected chi connectivity index (χ1v) is 7.61. The standard InChI is InChI=1S/C19H20N2O3/c1-13-8-9-18(23-3)16(10-13)14(2)21-19(22)12-24-17-7-5-4-6-15(17)11-20/h4-10,14H,12H2,1-3H3,(H,21,22). The third-order valence-electron chi connectivity index (χ3n) is 3.60. The maximum absolute atomic E-state index is 12.1. The number of hydrogen-bond donors (Lipinski definition) is 1. The predicted octanol–water partition coefficient (Wildman–Crippen LogP) is 3.13. The highest BCUT2D eigenvalue weighted by molar-refractivity contribution is 5.78. The van der Waals surface area contributed by atoms with Gasteiger partial charge in [-0.15, -0.1) is 0 Å². The van der Waals surface area contributed by atoms with Crippen molar-refractivity contribution in [2.75, 3.05) is 13.7 Å². The molecule has 1 unspecified atom stereocenters. The fourth-order valence-electron chi connectivity index (χ4n) is 2.38. The number of aryl methyl sites for hydroxylation is 1. The van der Waals surface area contributed by atoms with E-state index in [1.54, 1.807) is 31.4 Å². The number of carbonyl (C=O) groups excluding carboxylic acids is 1. The van der Waals surface area contributed by atoms with Crippen LogP contribution < -0.4 is 14.8 Å². The van der Waals surface area contributed by atoms with Crippen molar-refractivity contribution in [1.82, 2.24) is 5.32 Å². The molecule has 0 saturated heterocycles. The van der Waals surface area contributed by atoms with E-state index in [1.807, 2.05) is 38.1 Å². The lowest BCUT2D eigenvalue weighted by molar-refractivity contribution is -0.123. The van der Waals surface area contributed by atoms with E-state index < -0.39 is 0 Å². The second kappa shape index (κ2) is 8.02. The first-order chi connectivity index (χ1) is 11.5. The summed E-state index contributed by atoms with van der Waals surface area (Å²) in [5.74, 6) is 0.860. The summed E-state index contributed by atoms with van der Waals surface area (Å²) in [6.07, 6.45) is 0. The summed E-state index contributed by atoms with van der Waals surface area (Å²) in [6, 6.07) is 14.5. The van der Waals surface area contributed by atoms with Gasteiger partial charge in [-0.05, 0) is 32.0 Å². The molecule has 0 aliphatic carbocycles. The van der Waals surface area contributed by atoms with Crippen molar-refractivity contribution in [2.24, 2.45) is 0 Å². The number of methoxy groups -OCH3 is 1. The van der Waals surface area contributed by atoms with Crippen molar-refractivity contribution in [3.8, 4) is 17.6 Å². The van der Waals surface area contributed by atoms with Crippen molar-refractivity contribution >= 4 is 5.91 Å². The number of carbonyl (C=O) groups is 1. The van der Waals surface area contributed by atoms with Crippen molar-refractivity contribution in [3.63, 3.8) is 0 Å². The van der Waals surface area contributed by atoms with Gasteiger partial charge in [0.2, 0.25) is 0 Å². The Kier molecular flexibility index (Phi) is 5.80. The summed E-state index contributed by atoms with van der Waals surface area (Å²) in [4.78, 5) is 12.1. The molecule has 5 heteroatoms. The van der Waals surface area contributed by atoms with Gasteiger partial charge in [0.05, 0.1) is 18.7 Å². The highest BCUT2D eigenvalue weighted by Gasteiger charge is 2.15. The van der Waals surface area contributed by atoms with Gasteiger partial charge in [0.25, 0.3) is 5.91 Å². The van der Waals surface area contributed by atoms with Crippen LogP contribution in [0.25, 0.3) is 0 Å². The topological polar surface area (TPSA) is 71.3 Å². The van der Waals surface area contributed by atoms with Crippen LogP contribution in [0.15, 0.2) is 42.5 Å². The lowest BCUT2D eigenvalue weighted by Crippen LogP contribution is -2.31. The first-order valence-electron chi connectivity index (χ1n) is 7.61. The fraction of sp³-hybridized carbons (Fsp3) is 0.263. The summed E-state index contributed by atoms with van der Waals surface area (Å²) in [5.41, 5.74) is 2.40. The number of nitrogens with one attached hydrogen (secondary N) is 1. The van der Waals surface area contributed by atoms with Gasteiger partial charge in [-0.1, -0.05) is 29.8 Å². The zero-order chi connectivity index (χ0) is 17.5. The predicted molar refractivity (Wildman–Crippen MR) is 90.9 cm³/mol. The minimum atomic E-state index is -0.265. The third-order valence-corrected chi connectivity index (χ3v) is 3.60. The molecule has 5 nitrogen and oxygen atoms in total. The SMILES string of the molecule is COc1ccc(C)cc1C(C)NC(=O)COc1ccccc1C#N. The first kappa shape index (κ1) is 17.4. The van der Waals surface area contributed by atoms with Gasteiger partial charge in [0.15, 0.2) is 6.61 Å². The van der Waals surface area contributed by atoms with E-state index in [4.69, 9.17) is 14.7 Å². The minimum Gasteiger partial charge on any atom is -0.496 e. The Morgan fingerprint density at radius 2 is 2.00 bits per heavy atom. The van der Waals surface area contributed by atoms with E-state index in [0.717, 1.165) is 16.9 Å². The van der Waals surface area contributed by atoms with E-state index in [2.05, 4.69) is 5.32 Å². The van der Waals surface area contributed by atoms with Crippen LogP contribution in [0.4, 0.5) is 0 Å². The molecule has 1 N–H and O–H groups in total. The van der Waals surface area contributed by atoms with Crippen LogP contribution in [0.1, 0.15) is 29.7 Å². The molecule has 0 fully saturated rings. The average Bonchev–Trinajstić information content (AvgIpc) is 2.60. The molecule has 1 atom stereocenters. The maximum atomic E-state index is 12.1. The van der Waals surface area contributed by atoms with Gasteiger partial charge in [-0.25, -0.2) is 0 Å². The Hall–Kier alpha value is -3.00. The van der Waals surface area contributed by atoms with Gasteiger partial charge in [0.1, 0.15) is 17.6 Å². The molecule has 2 aromatic rings. The van der Waals surface area contributed by atoms with E-state index in [1.165, 1.54) is 0 Å². The van der Waals surface area contributed by atoms with Crippen molar-refractivity contribution in [1.29, 1.82) is 5.26 Å². The number of hydrogen-bond acceptors (Lipinski definition) is 4. The molecule has 0 saturated carbocycles. The molecule has 24 heavy (non-hydrogen) atoms. The summed E-state index contributed by atoms with van der Waals surface area (Å²) >= 11 is 0. The second-order valence-electron chi connectivity index (χ2n) is 5.43. The van der Waals surface area contributed by atoms with Crippen LogP contribution >= 0.6 is 0 Å². The van der Waals surface area contributed by atoms with Crippen LogP contribution in [0.5, 0.6) is 11.5 Å². The van der Waals surface area contributed by atoms with Crippen LogP contribution in [0.2, 0.25) is 0 Å². The van der Waals surface area contributed by atoms with Crippen molar-refractivity contribution in [3.05, 3.63) is 59.2 Å². The molecular weight excluding hydrogens is 304 g/mol. The molecular formula is C19H20N2O3. The minimum absolute atomic E-state index is 0.156. The summed E-state index contributed by atoms with van der Waals surface area (Å²) in [7, 11) is 1.60. The summed E-state index contributed by atoms with van der Waals surface area (Å²) in [5, 5.41) is 11.9. The normalized spacial score (nSPS) is 11.2. The number of nitriles is 1. The van der Waals surface area contributed by atoms with Crippen LogP contribution in [0, 0.1) is 18.3 Å². The maximum Gasteiger partial charge on any atom is 0.258 e. The highest BCUT2D eigenvalue weighted by atomic mass is 16.5. The number of benzene rings is 2. The molecule has 0 aliphatic rings. The van der Waals surface area contributed by atoms with Crippen LogP contribution in [-0.4, -0.2) is 19.6 Å². The summed E-state index contributed by atoms with van der Waals surface area (Å²) < 4.78 is 10.8. The molecule has 0 aromatic heterocycles. The van der Waals surface area contributed by atoms with Gasteiger partial charge in [-0.2, -0.15) is 5.26 Å². The van der Waals surface area contributed by atoms with Crippen LogP contribution in [-0.2, 0) is 4.79 Å². The van der Waals surface area contributed by atoms with Gasteiger partial charge in [0, 0.05) is 5.56 Å². The van der Waals surface area contributed by atoms with Gasteiger partial charge in [-0.3, -0.25) is 4.79 Å². The van der Waals surface area contributed by atoms with Crippen molar-refractivity contribution < 1.29 is 14.3 Å². The van der Waals surface area contributed by atoms with E-state index in [0.29, 0.717) is 11.3 Å². The lowest BCUT2D eigenvalue weighted by atomic mass is 10.0. The monoisotopic (exact) mass is 324 g/mol. The smallest absolute Gasteiger partial charge is 0.258 e. The molecule has 0 bridgehead atoms. The molecule has 0 radical (unpaired) electrons. The number of para-hydroxylation sites is 1. The van der Waals surface area contributed by atoms with Gasteiger partial charge >= 0.3 is 0 Å². The zero-order valence-electron chi connectivity index (χ0n) is 14.0. The van der Waals surface area contributed by atoms with Crippen molar-refractivity contribution in [2.45, 2.75) is 19.9 Å². The molecule has 0 heterocycles. The van der Waals surface area contributed by atoms with E-state index in [9.17, 15) is 4.79 Å². The molecule has 0 spiro atoms. The van der Waals surface area contributed by atoms with E-state index in [-0.39, 0.29) is 18.6 Å². The number of amides is 1.